The average molecular weight is 595 g/mol. The van der Waals surface area contributed by atoms with Crippen LogP contribution in [0.4, 0.5) is 14.5 Å². The molecule has 2 aromatic carbocycles. The zero-order valence-electron chi connectivity index (χ0n) is 24.7. The number of nitrogens with zero attached hydrogens (tertiary/aromatic N) is 3. The van der Waals surface area contributed by atoms with Gasteiger partial charge in [-0.1, -0.05) is 68.4 Å². The highest BCUT2D eigenvalue weighted by Crippen LogP contribution is 2.41. The van der Waals surface area contributed by atoms with Crippen LogP contribution in [-0.2, 0) is 31.2 Å². The molecule has 1 N–H and O–H groups in total. The van der Waals surface area contributed by atoms with Crippen molar-refractivity contribution in [3.63, 3.8) is 0 Å². The van der Waals surface area contributed by atoms with Gasteiger partial charge in [0.15, 0.2) is 0 Å². The Bertz CT molecular complexity index is 1440. The maximum atomic E-state index is 14.0. The van der Waals surface area contributed by atoms with Crippen LogP contribution in [0.25, 0.3) is 0 Å². The van der Waals surface area contributed by atoms with Crippen LogP contribution in [-0.4, -0.2) is 58.9 Å². The summed E-state index contributed by atoms with van der Waals surface area (Å²) in [5.41, 5.74) is 1.88. The third-order valence-corrected chi connectivity index (χ3v) is 7.37. The topological polar surface area (TPSA) is 101 Å². The van der Waals surface area contributed by atoms with Crippen LogP contribution in [0.2, 0.25) is 0 Å². The van der Waals surface area contributed by atoms with E-state index in [9.17, 15) is 23.2 Å². The molecule has 0 unspecified atom stereocenters. The lowest BCUT2D eigenvalue weighted by atomic mass is 9.69. The second kappa shape index (κ2) is 13.7. The summed E-state index contributed by atoms with van der Waals surface area (Å²) in [6, 6.07) is 19.9. The molecule has 1 saturated heterocycles. The van der Waals surface area contributed by atoms with Crippen molar-refractivity contribution < 1.29 is 32.7 Å². The van der Waals surface area contributed by atoms with Gasteiger partial charge in [0.2, 0.25) is 23.6 Å². The van der Waals surface area contributed by atoms with Crippen LogP contribution in [0.5, 0.6) is 5.88 Å². The first-order chi connectivity index (χ1) is 20.5. The number of carbonyl (C=O) groups excluding carboxylic acids is 3. The number of hydrogen-bond donors (Lipinski definition) is 1. The first-order valence-corrected chi connectivity index (χ1v) is 14.1. The lowest BCUT2D eigenvalue weighted by Gasteiger charge is -2.50. The highest BCUT2D eigenvalue weighted by Gasteiger charge is 2.53. The van der Waals surface area contributed by atoms with Crippen LogP contribution < -0.4 is 10.1 Å². The van der Waals surface area contributed by atoms with Gasteiger partial charge in [0.1, 0.15) is 17.7 Å². The maximum Gasteiger partial charge on any atom is 0.388 e. The number of amides is 3. The lowest BCUT2D eigenvalue weighted by molar-refractivity contribution is -0.190. The van der Waals surface area contributed by atoms with Gasteiger partial charge in [-0.3, -0.25) is 19.2 Å². The Hall–Kier alpha value is -4.38. The standard InChI is InChI=1S/C32H36F2N4O5/c1-21(2)25-12-8-9-13-26(25)32(30(41)36-27-15-14-22(3)35-29(27)43-31(33)34)19-37(20-32)28(40)16-17-38(23(4)39)42-18-24-10-6-5-7-11-24/h5-15,21,31H,16-20H2,1-4H3,(H,36,41). The van der Waals surface area contributed by atoms with Crippen molar-refractivity contribution >= 4 is 23.4 Å². The van der Waals surface area contributed by atoms with Crippen molar-refractivity contribution in [1.82, 2.24) is 14.9 Å². The van der Waals surface area contributed by atoms with E-state index in [2.05, 4.69) is 15.0 Å². The van der Waals surface area contributed by atoms with E-state index in [0.29, 0.717) is 5.69 Å². The summed E-state index contributed by atoms with van der Waals surface area (Å²) < 4.78 is 30.8. The molecular weight excluding hydrogens is 558 g/mol. The second-order valence-corrected chi connectivity index (χ2v) is 10.8. The fraction of sp³-hybridized carbons (Fsp3) is 0.375. The molecule has 1 aliphatic rings. The van der Waals surface area contributed by atoms with E-state index in [1.54, 1.807) is 17.9 Å². The molecule has 0 spiro atoms. The Kier molecular flexibility index (Phi) is 10.1. The number of anilines is 1. The van der Waals surface area contributed by atoms with Crippen molar-refractivity contribution in [2.45, 2.75) is 58.7 Å². The minimum atomic E-state index is -3.12. The SMILES string of the molecule is CC(=O)N(CCC(=O)N1CC(C(=O)Nc2ccc(C)nc2OC(F)F)(c2ccccc2C(C)C)C1)OCc1ccccc1. The van der Waals surface area contributed by atoms with Gasteiger partial charge in [-0.2, -0.15) is 8.78 Å². The van der Waals surface area contributed by atoms with Crippen LogP contribution in [0.1, 0.15) is 55.5 Å². The normalized spacial score (nSPS) is 13.9. The number of hydrogen-bond acceptors (Lipinski definition) is 6. The van der Waals surface area contributed by atoms with E-state index < -0.39 is 17.9 Å². The molecular formula is C32H36F2N4O5. The molecule has 43 heavy (non-hydrogen) atoms. The number of carbonyl (C=O) groups is 3. The minimum Gasteiger partial charge on any atom is -0.415 e. The van der Waals surface area contributed by atoms with Crippen molar-refractivity contribution in [1.29, 1.82) is 0 Å². The van der Waals surface area contributed by atoms with Gasteiger partial charge in [-0.25, -0.2) is 10.0 Å². The van der Waals surface area contributed by atoms with Gasteiger partial charge < -0.3 is 15.0 Å². The Morgan fingerprint density at radius 3 is 2.35 bits per heavy atom. The van der Waals surface area contributed by atoms with E-state index in [4.69, 9.17) is 4.84 Å². The third-order valence-electron chi connectivity index (χ3n) is 7.37. The summed E-state index contributed by atoms with van der Waals surface area (Å²) in [4.78, 5) is 50.6. The van der Waals surface area contributed by atoms with Gasteiger partial charge in [0.25, 0.3) is 0 Å². The first-order valence-electron chi connectivity index (χ1n) is 14.1. The van der Waals surface area contributed by atoms with Gasteiger partial charge in [0.05, 0.1) is 6.54 Å². The first kappa shape index (κ1) is 31.6. The van der Waals surface area contributed by atoms with E-state index in [1.165, 1.54) is 13.0 Å². The molecule has 2 heterocycles. The van der Waals surface area contributed by atoms with Crippen LogP contribution in [0, 0.1) is 6.92 Å². The molecule has 228 valence electrons. The van der Waals surface area contributed by atoms with E-state index in [-0.39, 0.29) is 62.0 Å². The summed E-state index contributed by atoms with van der Waals surface area (Å²) in [5.74, 6) is -1.36. The van der Waals surface area contributed by atoms with E-state index in [1.807, 2.05) is 68.4 Å². The summed E-state index contributed by atoms with van der Waals surface area (Å²) in [5, 5.41) is 3.90. The van der Waals surface area contributed by atoms with Gasteiger partial charge in [-0.05, 0) is 41.7 Å². The molecule has 9 nitrogen and oxygen atoms in total. The maximum absolute atomic E-state index is 14.0. The number of aryl methyl sites for hydroxylation is 1. The fourth-order valence-corrected chi connectivity index (χ4v) is 5.09. The number of pyridine rings is 1. The fourth-order valence-electron chi connectivity index (χ4n) is 5.09. The van der Waals surface area contributed by atoms with Crippen LogP contribution in [0.3, 0.4) is 0 Å². The number of benzene rings is 2. The number of likely N-dealkylation sites (tertiary alicyclic amines) is 1. The number of rotatable bonds is 12. The summed E-state index contributed by atoms with van der Waals surface area (Å²) in [6.45, 7) is 4.24. The van der Waals surface area contributed by atoms with Gasteiger partial charge in [-0.15, -0.1) is 0 Å². The average Bonchev–Trinajstić information content (AvgIpc) is 2.94. The molecule has 0 saturated carbocycles. The molecule has 3 aromatic rings. The van der Waals surface area contributed by atoms with Gasteiger partial charge in [0, 0.05) is 32.1 Å². The number of halogens is 2. The second-order valence-electron chi connectivity index (χ2n) is 10.8. The lowest BCUT2D eigenvalue weighted by Crippen LogP contribution is -2.66. The largest absolute Gasteiger partial charge is 0.415 e. The Morgan fingerprint density at radius 1 is 1.02 bits per heavy atom. The van der Waals surface area contributed by atoms with E-state index >= 15 is 0 Å². The number of hydroxylamine groups is 2. The zero-order chi connectivity index (χ0) is 31.1. The monoisotopic (exact) mass is 594 g/mol. The van der Waals surface area contributed by atoms with Crippen molar-refractivity contribution in [3.8, 4) is 5.88 Å². The predicted octanol–water partition coefficient (Wildman–Crippen LogP) is 5.20. The molecule has 1 fully saturated rings. The molecule has 0 aliphatic carbocycles. The molecule has 0 radical (unpaired) electrons. The Balaban J connectivity index is 1.51. The summed E-state index contributed by atoms with van der Waals surface area (Å²) in [7, 11) is 0. The molecule has 0 bridgehead atoms. The number of nitrogens with one attached hydrogen (secondary N) is 1. The summed E-state index contributed by atoms with van der Waals surface area (Å²) in [6.07, 6.45) is -0.00778. The molecule has 3 amide bonds. The molecule has 0 atom stereocenters. The molecule has 1 aliphatic heterocycles. The zero-order valence-corrected chi connectivity index (χ0v) is 24.7. The Labute approximate surface area is 249 Å². The quantitative estimate of drug-likeness (QED) is 0.289. The van der Waals surface area contributed by atoms with Crippen LogP contribution in [0.15, 0.2) is 66.7 Å². The highest BCUT2D eigenvalue weighted by atomic mass is 19.3. The molecule has 4 rings (SSSR count). The minimum absolute atomic E-state index is 0.00778. The van der Waals surface area contributed by atoms with Crippen LogP contribution >= 0.6 is 0 Å². The number of ether oxygens (including phenoxy) is 1. The molecule has 1 aromatic heterocycles. The molecule has 11 heteroatoms. The smallest absolute Gasteiger partial charge is 0.388 e. The Morgan fingerprint density at radius 2 is 1.70 bits per heavy atom. The predicted molar refractivity (Wildman–Crippen MR) is 156 cm³/mol. The van der Waals surface area contributed by atoms with Crippen molar-refractivity contribution in [3.05, 3.63) is 89.1 Å². The third kappa shape index (κ3) is 7.53. The van der Waals surface area contributed by atoms with E-state index in [0.717, 1.165) is 21.8 Å². The van der Waals surface area contributed by atoms with Crippen molar-refractivity contribution in [2.75, 3.05) is 25.0 Å². The highest BCUT2D eigenvalue weighted by molar-refractivity contribution is 6.02. The van der Waals surface area contributed by atoms with Gasteiger partial charge >= 0.3 is 6.61 Å². The number of alkyl halides is 2. The summed E-state index contributed by atoms with van der Waals surface area (Å²) >= 11 is 0. The van der Waals surface area contributed by atoms with Crippen molar-refractivity contribution in [2.24, 2.45) is 0 Å². The number of aromatic nitrogens is 1.